The Hall–Kier alpha value is -4.47. The summed E-state index contributed by atoms with van der Waals surface area (Å²) in [6.45, 7) is 1.94. The predicted octanol–water partition coefficient (Wildman–Crippen LogP) is 3.55. The van der Waals surface area contributed by atoms with Crippen molar-refractivity contribution in [2.45, 2.75) is 31.7 Å². The van der Waals surface area contributed by atoms with E-state index in [1.165, 1.54) is 11.0 Å². The zero-order valence-corrected chi connectivity index (χ0v) is 20.7. The van der Waals surface area contributed by atoms with Gasteiger partial charge in [-0.2, -0.15) is 0 Å². The molecule has 4 aromatic rings. The number of nitrogens with one attached hydrogen (secondary N) is 1. The molecule has 2 amide bonds. The molecule has 3 heterocycles. The average Bonchev–Trinajstić information content (AvgIpc) is 3.30. The van der Waals surface area contributed by atoms with E-state index in [-0.39, 0.29) is 41.0 Å². The van der Waals surface area contributed by atoms with Crippen molar-refractivity contribution < 1.29 is 14.0 Å². The Bertz CT molecular complexity index is 1460. The molecule has 188 valence electrons. The van der Waals surface area contributed by atoms with Crippen molar-refractivity contribution in [3.05, 3.63) is 89.4 Å². The minimum absolute atomic E-state index is 0.0359. The Morgan fingerprint density at radius 2 is 1.76 bits per heavy atom. The van der Waals surface area contributed by atoms with Gasteiger partial charge in [-0.1, -0.05) is 24.3 Å². The van der Waals surface area contributed by atoms with E-state index in [1.807, 2.05) is 19.1 Å². The highest BCUT2D eigenvalue weighted by Gasteiger charge is 2.36. The first-order chi connectivity index (χ1) is 17.8. The summed E-state index contributed by atoms with van der Waals surface area (Å²) >= 11 is 0. The van der Waals surface area contributed by atoms with Gasteiger partial charge in [-0.05, 0) is 55.7 Å². The van der Waals surface area contributed by atoms with Crippen LogP contribution < -0.4 is 5.32 Å². The number of aromatic nitrogens is 5. The second-order valence-corrected chi connectivity index (χ2v) is 9.34. The zero-order valence-electron chi connectivity index (χ0n) is 20.7. The Balaban J connectivity index is 1.35. The molecule has 9 nitrogen and oxygen atoms in total. The van der Waals surface area contributed by atoms with Crippen LogP contribution in [0.4, 0.5) is 4.39 Å². The van der Waals surface area contributed by atoms with Crippen molar-refractivity contribution in [3.8, 4) is 17.2 Å². The van der Waals surface area contributed by atoms with Crippen LogP contribution in [0.2, 0.25) is 0 Å². The smallest absolute Gasteiger partial charge is 0.271 e. The lowest BCUT2D eigenvalue weighted by Gasteiger charge is -2.35. The molecule has 1 aliphatic carbocycles. The number of aryl methyl sites for hydroxylation is 1. The molecule has 3 aromatic heterocycles. The van der Waals surface area contributed by atoms with Gasteiger partial charge in [-0.15, -0.1) is 10.2 Å². The lowest BCUT2D eigenvalue weighted by molar-refractivity contribution is 0.0821. The van der Waals surface area contributed by atoms with Crippen LogP contribution in [0.1, 0.15) is 51.1 Å². The molecule has 1 fully saturated rings. The van der Waals surface area contributed by atoms with Crippen molar-refractivity contribution in [1.29, 1.82) is 0 Å². The van der Waals surface area contributed by atoms with Gasteiger partial charge in [-0.3, -0.25) is 19.1 Å². The summed E-state index contributed by atoms with van der Waals surface area (Å²) in [5.41, 5.74) is 2.33. The van der Waals surface area contributed by atoms with E-state index >= 15 is 0 Å². The Kier molecular flexibility index (Phi) is 6.47. The van der Waals surface area contributed by atoms with Gasteiger partial charge in [0.15, 0.2) is 5.82 Å². The number of rotatable bonds is 6. The fraction of sp³-hybridized carbons (Fsp3) is 0.259. The van der Waals surface area contributed by atoms with Crippen molar-refractivity contribution in [1.82, 2.24) is 34.9 Å². The highest BCUT2D eigenvalue weighted by atomic mass is 19.1. The van der Waals surface area contributed by atoms with Crippen LogP contribution in [0.3, 0.4) is 0 Å². The van der Waals surface area contributed by atoms with Crippen molar-refractivity contribution in [3.63, 3.8) is 0 Å². The first-order valence-electron chi connectivity index (χ1n) is 11.9. The second-order valence-electron chi connectivity index (χ2n) is 9.34. The number of carbonyl (C=O) groups excluding carboxylic acids is 2. The Morgan fingerprint density at radius 1 is 1.00 bits per heavy atom. The maximum atomic E-state index is 14.9. The van der Waals surface area contributed by atoms with Crippen LogP contribution in [0.5, 0.6) is 0 Å². The van der Waals surface area contributed by atoms with E-state index < -0.39 is 0 Å². The minimum atomic E-state index is -0.390. The number of nitrogens with zero attached hydrogens (tertiary/aromatic N) is 6. The number of amides is 2. The van der Waals surface area contributed by atoms with E-state index in [9.17, 15) is 14.0 Å². The molecule has 10 heteroatoms. The van der Waals surface area contributed by atoms with Gasteiger partial charge in [0, 0.05) is 32.3 Å². The monoisotopic (exact) mass is 499 g/mol. The van der Waals surface area contributed by atoms with E-state index in [0.717, 1.165) is 5.56 Å². The molecular formula is C27H26FN7O2. The number of halogens is 1. The average molecular weight is 500 g/mol. The number of benzene rings is 1. The normalized spacial score (nSPS) is 16.6. The predicted molar refractivity (Wildman–Crippen MR) is 135 cm³/mol. The molecule has 0 unspecified atom stereocenters. The number of hydrogen-bond acceptors (Lipinski definition) is 6. The topological polar surface area (TPSA) is 106 Å². The lowest BCUT2D eigenvalue weighted by atomic mass is 9.79. The van der Waals surface area contributed by atoms with Gasteiger partial charge < -0.3 is 10.2 Å². The van der Waals surface area contributed by atoms with Gasteiger partial charge in [-0.25, -0.2) is 9.37 Å². The molecule has 0 spiro atoms. The lowest BCUT2D eigenvalue weighted by Crippen LogP contribution is -2.44. The molecule has 37 heavy (non-hydrogen) atoms. The van der Waals surface area contributed by atoms with Crippen molar-refractivity contribution in [2.75, 3.05) is 14.1 Å². The van der Waals surface area contributed by atoms with Crippen molar-refractivity contribution >= 4 is 11.8 Å². The van der Waals surface area contributed by atoms with E-state index in [1.54, 1.807) is 61.3 Å². The fourth-order valence-electron chi connectivity index (χ4n) is 4.31. The molecule has 0 bridgehead atoms. The van der Waals surface area contributed by atoms with Crippen LogP contribution in [0.25, 0.3) is 17.2 Å². The third-order valence-electron chi connectivity index (χ3n) is 6.37. The highest BCUT2D eigenvalue weighted by molar-refractivity contribution is 5.96. The summed E-state index contributed by atoms with van der Waals surface area (Å²) in [5, 5.41) is 11.7. The van der Waals surface area contributed by atoms with Gasteiger partial charge in [0.25, 0.3) is 11.8 Å². The molecule has 0 radical (unpaired) electrons. The van der Waals surface area contributed by atoms with E-state index in [0.29, 0.717) is 35.9 Å². The van der Waals surface area contributed by atoms with Gasteiger partial charge >= 0.3 is 0 Å². The quantitative estimate of drug-likeness (QED) is 0.435. The zero-order chi connectivity index (χ0) is 26.1. The Labute approximate surface area is 213 Å². The van der Waals surface area contributed by atoms with Crippen LogP contribution in [0.15, 0.2) is 60.8 Å². The molecule has 5 rings (SSSR count). The van der Waals surface area contributed by atoms with E-state index in [4.69, 9.17) is 0 Å². The second kappa shape index (κ2) is 9.88. The molecule has 1 saturated carbocycles. The first kappa shape index (κ1) is 24.2. The molecule has 1 N–H and O–H groups in total. The number of hydrogen-bond donors (Lipinski definition) is 1. The summed E-state index contributed by atoms with van der Waals surface area (Å²) in [5.74, 6) is 0.0241. The van der Waals surface area contributed by atoms with Crippen LogP contribution in [-0.2, 0) is 0 Å². The van der Waals surface area contributed by atoms with Crippen LogP contribution >= 0.6 is 0 Å². The third-order valence-corrected chi connectivity index (χ3v) is 6.37. The molecule has 0 saturated heterocycles. The summed E-state index contributed by atoms with van der Waals surface area (Å²) in [4.78, 5) is 35.1. The Morgan fingerprint density at radius 3 is 2.46 bits per heavy atom. The third kappa shape index (κ3) is 4.82. The summed E-state index contributed by atoms with van der Waals surface area (Å²) in [6, 6.07) is 14.9. The van der Waals surface area contributed by atoms with Gasteiger partial charge in [0.2, 0.25) is 0 Å². The summed E-state index contributed by atoms with van der Waals surface area (Å²) in [7, 11) is 3.26. The van der Waals surface area contributed by atoms with Crippen LogP contribution in [-0.4, -0.2) is 61.6 Å². The molecule has 0 aliphatic heterocycles. The molecule has 1 aliphatic rings. The molecular weight excluding hydrogens is 473 g/mol. The van der Waals surface area contributed by atoms with Crippen molar-refractivity contribution in [2.24, 2.45) is 0 Å². The standard InChI is InChI=1S/C27H26FN7O2/c1-16-11-12-20(29-15-16)25-33-32-24(35(25)23-10-5-4-7-19(23)28)17-13-18(14-17)30-26(36)21-8-6-9-22(31-21)27(37)34(2)3/h4-12,15,17-18H,13-14H2,1-3H3,(H,30,36)/t17-,18-. The molecule has 1 aromatic carbocycles. The highest BCUT2D eigenvalue weighted by Crippen LogP contribution is 2.38. The minimum Gasteiger partial charge on any atom is -0.348 e. The van der Waals surface area contributed by atoms with Gasteiger partial charge in [0.05, 0.1) is 5.69 Å². The SMILES string of the molecule is Cc1ccc(-c2nnc([C@H]3C[C@H](NC(=O)c4cccc(C(=O)N(C)C)n4)C3)n2-c2ccccc2F)nc1. The largest absolute Gasteiger partial charge is 0.348 e. The summed E-state index contributed by atoms with van der Waals surface area (Å²) in [6.07, 6.45) is 2.95. The maximum absolute atomic E-state index is 14.9. The number of carbonyl (C=O) groups is 2. The maximum Gasteiger partial charge on any atom is 0.271 e. The fourth-order valence-corrected chi connectivity index (χ4v) is 4.31. The summed E-state index contributed by atoms with van der Waals surface area (Å²) < 4.78 is 16.6. The van der Waals surface area contributed by atoms with Gasteiger partial charge in [0.1, 0.15) is 28.7 Å². The molecule has 0 atom stereocenters. The number of pyridine rings is 2. The first-order valence-corrected chi connectivity index (χ1v) is 11.9. The van der Waals surface area contributed by atoms with E-state index in [2.05, 4.69) is 25.5 Å². The van der Waals surface area contributed by atoms with Crippen LogP contribution in [0, 0.1) is 12.7 Å². The number of para-hydroxylation sites is 1.